The maximum absolute atomic E-state index is 12.6. The minimum Gasteiger partial charge on any atom is -0.396 e. The number of benzene rings is 2. The fourth-order valence-electron chi connectivity index (χ4n) is 3.70. The molecule has 1 saturated heterocycles. The van der Waals surface area contributed by atoms with Gasteiger partial charge in [0.1, 0.15) is 0 Å². The van der Waals surface area contributed by atoms with Gasteiger partial charge >= 0.3 is 0 Å². The van der Waals surface area contributed by atoms with Crippen LogP contribution >= 0.6 is 0 Å². The Bertz CT molecular complexity index is 667. The summed E-state index contributed by atoms with van der Waals surface area (Å²) in [6.07, 6.45) is 3.20. The van der Waals surface area contributed by atoms with Gasteiger partial charge in [-0.1, -0.05) is 48.5 Å². The summed E-state index contributed by atoms with van der Waals surface area (Å²) >= 11 is 0. The van der Waals surface area contributed by atoms with Crippen molar-refractivity contribution in [3.05, 3.63) is 66.2 Å². The molecule has 1 amide bonds. The van der Waals surface area contributed by atoms with Crippen molar-refractivity contribution in [1.29, 1.82) is 0 Å². The first kappa shape index (κ1) is 18.6. The number of anilines is 1. The summed E-state index contributed by atoms with van der Waals surface area (Å²) in [7, 11) is 0. The molecule has 1 aliphatic rings. The number of nitrogens with zero attached hydrogens (tertiary/aromatic N) is 2. The second kappa shape index (κ2) is 9.51. The molecule has 0 aromatic heterocycles. The van der Waals surface area contributed by atoms with Crippen LogP contribution in [0, 0.1) is 0 Å². The van der Waals surface area contributed by atoms with Gasteiger partial charge in [-0.15, -0.1) is 0 Å². The standard InChI is InChI=1S/C22H28N2O2/c25-18-14-22(26)24(20-9-5-2-6-10-20)21-12-16-23(17-13-21)15-11-19-7-3-1-4-8-19/h1-10,21,25H,11-18H2. The second-order valence-corrected chi connectivity index (χ2v) is 6.88. The first-order valence-electron chi connectivity index (χ1n) is 9.52. The Balaban J connectivity index is 1.58. The van der Waals surface area contributed by atoms with Gasteiger partial charge in [0, 0.05) is 31.4 Å². The van der Waals surface area contributed by atoms with Gasteiger partial charge < -0.3 is 14.9 Å². The molecule has 3 rings (SSSR count). The van der Waals surface area contributed by atoms with Gasteiger partial charge in [-0.05, 0) is 37.0 Å². The van der Waals surface area contributed by atoms with Crippen molar-refractivity contribution in [1.82, 2.24) is 4.90 Å². The van der Waals surface area contributed by atoms with Crippen molar-refractivity contribution < 1.29 is 9.90 Å². The van der Waals surface area contributed by atoms with E-state index >= 15 is 0 Å². The fourth-order valence-corrected chi connectivity index (χ4v) is 3.70. The van der Waals surface area contributed by atoms with Crippen LogP contribution in [-0.2, 0) is 11.2 Å². The summed E-state index contributed by atoms with van der Waals surface area (Å²) in [6, 6.07) is 20.7. The van der Waals surface area contributed by atoms with Crippen molar-refractivity contribution in [3.63, 3.8) is 0 Å². The van der Waals surface area contributed by atoms with Crippen LogP contribution in [-0.4, -0.2) is 48.2 Å². The largest absolute Gasteiger partial charge is 0.396 e. The van der Waals surface area contributed by atoms with Crippen molar-refractivity contribution >= 4 is 11.6 Å². The Hall–Kier alpha value is -2.17. The number of rotatable bonds is 7. The number of hydrogen-bond acceptors (Lipinski definition) is 3. The minimum absolute atomic E-state index is 0.0152. The summed E-state index contributed by atoms with van der Waals surface area (Å²) < 4.78 is 0. The van der Waals surface area contributed by atoms with Crippen LogP contribution in [0.4, 0.5) is 5.69 Å². The topological polar surface area (TPSA) is 43.8 Å². The molecule has 1 heterocycles. The van der Waals surface area contributed by atoms with E-state index in [2.05, 4.69) is 35.2 Å². The smallest absolute Gasteiger partial charge is 0.229 e. The highest BCUT2D eigenvalue weighted by Gasteiger charge is 2.28. The van der Waals surface area contributed by atoms with E-state index in [1.807, 2.05) is 35.2 Å². The predicted molar refractivity (Wildman–Crippen MR) is 105 cm³/mol. The third kappa shape index (κ3) is 4.93. The molecular weight excluding hydrogens is 324 g/mol. The number of piperidine rings is 1. The maximum atomic E-state index is 12.6. The number of likely N-dealkylation sites (tertiary alicyclic amines) is 1. The second-order valence-electron chi connectivity index (χ2n) is 6.88. The average molecular weight is 352 g/mol. The summed E-state index contributed by atoms with van der Waals surface area (Å²) in [5.74, 6) is 0.0152. The van der Waals surface area contributed by atoms with Gasteiger partial charge in [-0.3, -0.25) is 4.79 Å². The SMILES string of the molecule is O=C(CCO)N(c1ccccc1)C1CCN(CCc2ccccc2)CC1. The highest BCUT2D eigenvalue weighted by atomic mass is 16.3. The zero-order valence-corrected chi connectivity index (χ0v) is 15.3. The van der Waals surface area contributed by atoms with Crippen molar-refractivity contribution in [2.75, 3.05) is 31.1 Å². The zero-order valence-electron chi connectivity index (χ0n) is 15.3. The molecular formula is C22H28N2O2. The van der Waals surface area contributed by atoms with E-state index in [0.29, 0.717) is 0 Å². The van der Waals surface area contributed by atoms with Gasteiger partial charge in [0.25, 0.3) is 0 Å². The molecule has 1 fully saturated rings. The molecule has 4 nitrogen and oxygen atoms in total. The molecule has 1 N–H and O–H groups in total. The van der Waals surface area contributed by atoms with Crippen LogP contribution in [0.2, 0.25) is 0 Å². The van der Waals surface area contributed by atoms with Crippen LogP contribution in [0.5, 0.6) is 0 Å². The molecule has 0 radical (unpaired) electrons. The average Bonchev–Trinajstić information content (AvgIpc) is 2.69. The normalized spacial score (nSPS) is 15.7. The van der Waals surface area contributed by atoms with Gasteiger partial charge in [-0.25, -0.2) is 0 Å². The molecule has 0 atom stereocenters. The van der Waals surface area contributed by atoms with E-state index in [0.717, 1.165) is 44.6 Å². The van der Waals surface area contributed by atoms with Crippen molar-refractivity contribution in [2.24, 2.45) is 0 Å². The number of para-hydroxylation sites is 1. The number of carbonyl (C=O) groups is 1. The number of aliphatic hydroxyl groups is 1. The van der Waals surface area contributed by atoms with E-state index in [-0.39, 0.29) is 25.0 Å². The highest BCUT2D eigenvalue weighted by Crippen LogP contribution is 2.24. The van der Waals surface area contributed by atoms with Crippen molar-refractivity contribution in [3.8, 4) is 0 Å². The number of amides is 1. The Kier molecular flexibility index (Phi) is 6.81. The lowest BCUT2D eigenvalue weighted by molar-refractivity contribution is -0.119. The molecule has 26 heavy (non-hydrogen) atoms. The van der Waals surface area contributed by atoms with E-state index < -0.39 is 0 Å². The van der Waals surface area contributed by atoms with Gasteiger partial charge in [0.05, 0.1) is 13.0 Å². The Morgan fingerprint density at radius 3 is 2.23 bits per heavy atom. The highest BCUT2D eigenvalue weighted by molar-refractivity contribution is 5.94. The summed E-state index contributed by atoms with van der Waals surface area (Å²) in [5.41, 5.74) is 2.31. The molecule has 0 spiro atoms. The fraction of sp³-hybridized carbons (Fsp3) is 0.409. The van der Waals surface area contributed by atoms with Crippen LogP contribution in [0.25, 0.3) is 0 Å². The number of aliphatic hydroxyl groups excluding tert-OH is 1. The monoisotopic (exact) mass is 352 g/mol. The molecule has 0 unspecified atom stereocenters. The predicted octanol–water partition coefficient (Wildman–Crippen LogP) is 3.11. The molecule has 0 aliphatic carbocycles. The first-order chi connectivity index (χ1) is 12.8. The lowest BCUT2D eigenvalue weighted by Gasteiger charge is -2.38. The van der Waals surface area contributed by atoms with Gasteiger partial charge in [0.2, 0.25) is 5.91 Å². The molecule has 0 saturated carbocycles. The minimum atomic E-state index is -0.0991. The maximum Gasteiger partial charge on any atom is 0.229 e. The molecule has 2 aromatic rings. The lowest BCUT2D eigenvalue weighted by Crippen LogP contribution is -2.48. The first-order valence-corrected chi connectivity index (χ1v) is 9.52. The van der Waals surface area contributed by atoms with Gasteiger partial charge in [-0.2, -0.15) is 0 Å². The quantitative estimate of drug-likeness (QED) is 0.833. The summed E-state index contributed by atoms with van der Waals surface area (Å²) in [6.45, 7) is 2.98. The van der Waals surface area contributed by atoms with E-state index in [1.165, 1.54) is 5.56 Å². The molecule has 0 bridgehead atoms. The molecule has 2 aromatic carbocycles. The number of carbonyl (C=O) groups excluding carboxylic acids is 1. The van der Waals surface area contributed by atoms with Crippen LogP contribution < -0.4 is 4.90 Å². The van der Waals surface area contributed by atoms with E-state index in [1.54, 1.807) is 0 Å². The Labute approximate surface area is 156 Å². The Morgan fingerprint density at radius 2 is 1.62 bits per heavy atom. The molecule has 138 valence electrons. The van der Waals surface area contributed by atoms with Crippen LogP contribution in [0.1, 0.15) is 24.8 Å². The zero-order chi connectivity index (χ0) is 18.2. The molecule has 4 heteroatoms. The third-order valence-corrected chi connectivity index (χ3v) is 5.11. The third-order valence-electron chi connectivity index (χ3n) is 5.11. The van der Waals surface area contributed by atoms with Crippen LogP contribution in [0.15, 0.2) is 60.7 Å². The van der Waals surface area contributed by atoms with E-state index in [9.17, 15) is 9.90 Å². The van der Waals surface area contributed by atoms with E-state index in [4.69, 9.17) is 0 Å². The molecule has 1 aliphatic heterocycles. The summed E-state index contributed by atoms with van der Waals surface area (Å²) in [4.78, 5) is 17.0. The van der Waals surface area contributed by atoms with Gasteiger partial charge in [0.15, 0.2) is 0 Å². The van der Waals surface area contributed by atoms with Crippen molar-refractivity contribution in [2.45, 2.75) is 31.7 Å². The number of hydrogen-bond donors (Lipinski definition) is 1. The van der Waals surface area contributed by atoms with Crippen LogP contribution in [0.3, 0.4) is 0 Å². The lowest BCUT2D eigenvalue weighted by atomic mass is 10.0. The summed E-state index contributed by atoms with van der Waals surface area (Å²) in [5, 5.41) is 9.20. The Morgan fingerprint density at radius 1 is 1.00 bits per heavy atom.